The maximum Gasteiger partial charge on any atom is 0.335 e. The predicted molar refractivity (Wildman–Crippen MR) is 71.4 cm³/mol. The second-order valence-corrected chi connectivity index (χ2v) is 5.32. The number of carboxylic acids is 1. The summed E-state index contributed by atoms with van der Waals surface area (Å²) in [7, 11) is 0. The molecule has 12 heteroatoms. The number of hydrogen-bond acceptors (Lipinski definition) is 11. The van der Waals surface area contributed by atoms with Gasteiger partial charge in [-0.25, -0.2) is 4.79 Å². The van der Waals surface area contributed by atoms with Crippen molar-refractivity contribution in [2.75, 3.05) is 13.2 Å². The monoisotopic (exact) mass is 358 g/mol. The molecule has 1 saturated heterocycles. The van der Waals surface area contributed by atoms with E-state index in [-0.39, 0.29) is 0 Å². The molecule has 1 heterocycles. The minimum Gasteiger partial charge on any atom is -0.479 e. The average Bonchev–Trinajstić information content (AvgIpc) is 2.57. The second-order valence-electron chi connectivity index (χ2n) is 5.32. The van der Waals surface area contributed by atoms with Crippen LogP contribution in [0.4, 0.5) is 0 Å². The lowest BCUT2D eigenvalue weighted by molar-refractivity contribution is -0.326. The highest BCUT2D eigenvalue weighted by molar-refractivity contribution is 5.72. The molecule has 0 aromatic rings. The summed E-state index contributed by atoms with van der Waals surface area (Å²) in [5, 5.41) is 84.5. The van der Waals surface area contributed by atoms with Crippen LogP contribution in [0.1, 0.15) is 0 Å². The predicted octanol–water partition coefficient (Wildman–Crippen LogP) is -5.67. The highest BCUT2D eigenvalue weighted by atomic mass is 16.7. The standard InChI is InChI=1S/C12H22O12/c13-1-3(15)10(7(18)8(19)11(21)22)24-12-9(20)6(17)5(16)4(2-14)23-12/h3-10,12-20H,1-2H2,(H,21,22)/t3-,4+,5-,6+,7-,8+,9+,10+,12+/m1/s1. The highest BCUT2D eigenvalue weighted by Crippen LogP contribution is 2.24. The summed E-state index contributed by atoms with van der Waals surface area (Å²) < 4.78 is 9.98. The molecule has 9 atom stereocenters. The van der Waals surface area contributed by atoms with Crippen LogP contribution in [0.25, 0.3) is 0 Å². The van der Waals surface area contributed by atoms with Gasteiger partial charge in [0.05, 0.1) is 13.2 Å². The van der Waals surface area contributed by atoms with Crippen molar-refractivity contribution in [1.82, 2.24) is 0 Å². The van der Waals surface area contributed by atoms with Crippen LogP contribution in [0.5, 0.6) is 0 Å². The molecule has 12 nitrogen and oxygen atoms in total. The van der Waals surface area contributed by atoms with E-state index in [1.807, 2.05) is 0 Å². The molecule has 0 unspecified atom stereocenters. The van der Waals surface area contributed by atoms with Crippen molar-refractivity contribution in [3.63, 3.8) is 0 Å². The Labute approximate surface area is 135 Å². The lowest BCUT2D eigenvalue weighted by atomic mass is 9.98. The average molecular weight is 358 g/mol. The molecular formula is C12H22O12. The summed E-state index contributed by atoms with van der Waals surface area (Å²) in [4.78, 5) is 10.7. The summed E-state index contributed by atoms with van der Waals surface area (Å²) >= 11 is 0. The van der Waals surface area contributed by atoms with E-state index in [9.17, 15) is 35.4 Å². The van der Waals surface area contributed by atoms with E-state index in [0.29, 0.717) is 0 Å². The first-order chi connectivity index (χ1) is 11.1. The molecule has 0 aliphatic carbocycles. The van der Waals surface area contributed by atoms with Gasteiger partial charge < -0.3 is 55.4 Å². The SMILES string of the molecule is O=C(O)[C@@H](O)[C@@H](O)[C@@H](O[C@@H]1O[C@@H](CO)[C@@H](O)[C@H](O)[C@@H]1O)[C@H](O)CO. The van der Waals surface area contributed by atoms with Gasteiger partial charge in [-0.15, -0.1) is 0 Å². The summed E-state index contributed by atoms with van der Waals surface area (Å²) in [6, 6.07) is 0. The first-order valence-electron chi connectivity index (χ1n) is 6.99. The normalized spacial score (nSPS) is 35.9. The van der Waals surface area contributed by atoms with Crippen molar-refractivity contribution in [2.45, 2.75) is 55.1 Å². The Balaban J connectivity index is 2.94. The number of hydrogen-bond donors (Lipinski definition) is 9. The number of ether oxygens (including phenoxy) is 2. The lowest BCUT2D eigenvalue weighted by Gasteiger charge is -2.42. The van der Waals surface area contributed by atoms with E-state index in [2.05, 4.69) is 0 Å². The first kappa shape index (κ1) is 21.1. The second kappa shape index (κ2) is 8.96. The van der Waals surface area contributed by atoms with E-state index in [4.69, 9.17) is 24.8 Å². The van der Waals surface area contributed by atoms with E-state index < -0.39 is 74.3 Å². The van der Waals surface area contributed by atoms with Gasteiger partial charge in [0.15, 0.2) is 12.4 Å². The number of rotatable bonds is 8. The van der Waals surface area contributed by atoms with Crippen LogP contribution in [0.2, 0.25) is 0 Å². The van der Waals surface area contributed by atoms with Crippen LogP contribution in [0.15, 0.2) is 0 Å². The van der Waals surface area contributed by atoms with E-state index in [1.54, 1.807) is 0 Å². The summed E-state index contributed by atoms with van der Waals surface area (Å²) in [6.07, 6.45) is -16.9. The lowest BCUT2D eigenvalue weighted by Crippen LogP contribution is -2.61. The van der Waals surface area contributed by atoms with Crippen LogP contribution in [0.3, 0.4) is 0 Å². The molecule has 1 aliphatic heterocycles. The van der Waals surface area contributed by atoms with Gasteiger partial charge in [-0.05, 0) is 0 Å². The molecule has 0 bridgehead atoms. The molecule has 1 rings (SSSR count). The zero-order chi connectivity index (χ0) is 18.6. The topological polar surface area (TPSA) is 218 Å². The molecule has 24 heavy (non-hydrogen) atoms. The van der Waals surface area contributed by atoms with Gasteiger partial charge in [-0.2, -0.15) is 0 Å². The van der Waals surface area contributed by atoms with Gasteiger partial charge in [0.1, 0.15) is 42.7 Å². The van der Waals surface area contributed by atoms with Gasteiger partial charge in [-0.1, -0.05) is 0 Å². The number of aliphatic hydroxyl groups excluding tert-OH is 8. The maximum atomic E-state index is 10.7. The Bertz CT molecular complexity index is 403. The van der Waals surface area contributed by atoms with Crippen molar-refractivity contribution in [2.24, 2.45) is 0 Å². The Kier molecular flexibility index (Phi) is 7.88. The van der Waals surface area contributed by atoms with Gasteiger partial charge in [0.2, 0.25) is 0 Å². The van der Waals surface area contributed by atoms with Crippen LogP contribution in [-0.4, -0.2) is 120 Å². The molecule has 0 spiro atoms. The third-order valence-electron chi connectivity index (χ3n) is 3.62. The summed E-state index contributed by atoms with van der Waals surface area (Å²) in [5.41, 5.74) is 0. The van der Waals surface area contributed by atoms with Crippen LogP contribution < -0.4 is 0 Å². The molecule has 0 radical (unpaired) electrons. The molecule has 0 aromatic carbocycles. The van der Waals surface area contributed by atoms with E-state index in [1.165, 1.54) is 0 Å². The molecule has 0 saturated carbocycles. The molecule has 9 N–H and O–H groups in total. The van der Waals surface area contributed by atoms with E-state index in [0.717, 1.165) is 0 Å². The Morgan fingerprint density at radius 2 is 1.62 bits per heavy atom. The third kappa shape index (κ3) is 4.58. The van der Waals surface area contributed by atoms with Crippen LogP contribution in [-0.2, 0) is 14.3 Å². The molecule has 0 aromatic heterocycles. The van der Waals surface area contributed by atoms with E-state index >= 15 is 0 Å². The van der Waals surface area contributed by atoms with Gasteiger partial charge in [0, 0.05) is 0 Å². The van der Waals surface area contributed by atoms with Crippen molar-refractivity contribution in [1.29, 1.82) is 0 Å². The molecule has 142 valence electrons. The zero-order valence-corrected chi connectivity index (χ0v) is 12.4. The minimum atomic E-state index is -2.39. The third-order valence-corrected chi connectivity index (χ3v) is 3.62. The molecular weight excluding hydrogens is 336 g/mol. The zero-order valence-electron chi connectivity index (χ0n) is 12.4. The molecule has 1 aliphatic rings. The number of aliphatic hydroxyl groups is 8. The maximum absolute atomic E-state index is 10.7. The number of carbonyl (C=O) groups is 1. The van der Waals surface area contributed by atoms with Gasteiger partial charge in [0.25, 0.3) is 0 Å². The van der Waals surface area contributed by atoms with Gasteiger partial charge >= 0.3 is 5.97 Å². The Morgan fingerprint density at radius 1 is 1.04 bits per heavy atom. The minimum absolute atomic E-state index is 0.766. The fourth-order valence-electron chi connectivity index (χ4n) is 2.16. The van der Waals surface area contributed by atoms with Crippen molar-refractivity contribution in [3.05, 3.63) is 0 Å². The molecule has 0 amide bonds. The fraction of sp³-hybridized carbons (Fsp3) is 0.917. The smallest absolute Gasteiger partial charge is 0.335 e. The molecule has 1 fully saturated rings. The van der Waals surface area contributed by atoms with Crippen LogP contribution >= 0.6 is 0 Å². The van der Waals surface area contributed by atoms with Gasteiger partial charge in [-0.3, -0.25) is 0 Å². The number of aliphatic carboxylic acids is 1. The number of carboxylic acid groups (broad SMARTS) is 1. The highest BCUT2D eigenvalue weighted by Gasteiger charge is 2.47. The quantitative estimate of drug-likeness (QED) is 0.198. The Hall–Kier alpha value is -0.930. The van der Waals surface area contributed by atoms with Crippen molar-refractivity contribution in [3.8, 4) is 0 Å². The Morgan fingerprint density at radius 3 is 2.08 bits per heavy atom. The summed E-state index contributed by atoms with van der Waals surface area (Å²) in [5.74, 6) is -1.84. The first-order valence-corrected chi connectivity index (χ1v) is 6.99. The van der Waals surface area contributed by atoms with Crippen molar-refractivity contribution >= 4 is 5.97 Å². The van der Waals surface area contributed by atoms with Crippen LogP contribution in [0, 0.1) is 0 Å². The van der Waals surface area contributed by atoms with Crippen molar-refractivity contribution < 1.29 is 60.2 Å². The fourth-order valence-corrected chi connectivity index (χ4v) is 2.16. The largest absolute Gasteiger partial charge is 0.479 e. The summed E-state index contributed by atoms with van der Waals surface area (Å²) in [6.45, 7) is -1.76.